The van der Waals surface area contributed by atoms with Crippen molar-refractivity contribution in [3.8, 4) is 11.3 Å². The molecular formula is C27H21F3N8O. The van der Waals surface area contributed by atoms with Crippen molar-refractivity contribution < 1.29 is 18.0 Å². The van der Waals surface area contributed by atoms with Crippen molar-refractivity contribution in [1.29, 1.82) is 0 Å². The van der Waals surface area contributed by atoms with Gasteiger partial charge >= 0.3 is 6.18 Å². The molecule has 0 unspecified atom stereocenters. The summed E-state index contributed by atoms with van der Waals surface area (Å²) in [5.74, 6) is -0.654. The Hall–Kier alpha value is -5.00. The Morgan fingerprint density at radius 3 is 2.54 bits per heavy atom. The smallest absolute Gasteiger partial charge is 0.319 e. The molecule has 39 heavy (non-hydrogen) atoms. The second-order valence-corrected chi connectivity index (χ2v) is 8.93. The fourth-order valence-electron chi connectivity index (χ4n) is 4.47. The average molecular weight is 531 g/mol. The number of rotatable bonds is 6. The van der Waals surface area contributed by atoms with Crippen LogP contribution in [0.25, 0.3) is 27.7 Å². The van der Waals surface area contributed by atoms with Crippen molar-refractivity contribution >= 4 is 28.0 Å². The minimum atomic E-state index is -4.73. The molecule has 4 aromatic heterocycles. The summed E-state index contributed by atoms with van der Waals surface area (Å²) in [6.07, 6.45) is 3.08. The largest absolute Gasteiger partial charge is 0.433 e. The second kappa shape index (κ2) is 9.39. The minimum absolute atomic E-state index is 0.0848. The van der Waals surface area contributed by atoms with E-state index in [-0.39, 0.29) is 16.9 Å². The molecule has 1 N–H and O–H groups in total. The average Bonchev–Trinajstić information content (AvgIpc) is 3.67. The first-order valence-corrected chi connectivity index (χ1v) is 12.1. The first-order valence-electron chi connectivity index (χ1n) is 12.1. The second-order valence-electron chi connectivity index (χ2n) is 8.93. The Kier molecular flexibility index (Phi) is 5.86. The predicted molar refractivity (Wildman–Crippen MR) is 138 cm³/mol. The summed E-state index contributed by atoms with van der Waals surface area (Å²) in [7, 11) is 0. The van der Waals surface area contributed by atoms with Crippen LogP contribution in [0.1, 0.15) is 28.5 Å². The van der Waals surface area contributed by atoms with Gasteiger partial charge < -0.3 is 5.32 Å². The van der Waals surface area contributed by atoms with E-state index in [1.165, 1.54) is 6.20 Å². The van der Waals surface area contributed by atoms with E-state index in [1.807, 2.05) is 43.5 Å². The summed E-state index contributed by atoms with van der Waals surface area (Å²) in [5.41, 5.74) is 0.579. The number of aromatic nitrogens is 7. The number of anilines is 1. The molecule has 0 spiro atoms. The van der Waals surface area contributed by atoms with Gasteiger partial charge in [0.2, 0.25) is 0 Å². The summed E-state index contributed by atoms with van der Waals surface area (Å²) < 4.78 is 46.3. The molecular weight excluding hydrogens is 509 g/mol. The number of amides is 1. The number of alkyl halides is 3. The number of aryl methyl sites for hydroxylation is 1. The lowest BCUT2D eigenvalue weighted by atomic mass is 10.0. The number of nitrogens with zero attached hydrogens (tertiary/aromatic N) is 7. The van der Waals surface area contributed by atoms with Crippen LogP contribution in [0.3, 0.4) is 0 Å². The number of hydrogen-bond donors (Lipinski definition) is 1. The Bertz CT molecular complexity index is 1830. The van der Waals surface area contributed by atoms with Gasteiger partial charge in [0.05, 0.1) is 36.5 Å². The van der Waals surface area contributed by atoms with Gasteiger partial charge in [-0.3, -0.25) is 14.2 Å². The van der Waals surface area contributed by atoms with E-state index in [0.29, 0.717) is 22.3 Å². The molecule has 6 aromatic rings. The highest BCUT2D eigenvalue weighted by Gasteiger charge is 2.36. The van der Waals surface area contributed by atoms with Crippen LogP contribution in [0.5, 0.6) is 0 Å². The molecule has 0 saturated carbocycles. The van der Waals surface area contributed by atoms with Gasteiger partial charge in [-0.05, 0) is 23.8 Å². The zero-order valence-corrected chi connectivity index (χ0v) is 20.6. The molecule has 0 aliphatic rings. The van der Waals surface area contributed by atoms with Crippen LogP contribution in [-0.2, 0) is 19.3 Å². The fraction of sp³-hybridized carbons (Fsp3) is 0.148. The molecule has 0 atom stereocenters. The third-order valence-electron chi connectivity index (χ3n) is 6.32. The molecule has 0 saturated heterocycles. The maximum atomic E-state index is 14.1. The molecule has 12 heteroatoms. The van der Waals surface area contributed by atoms with Crippen LogP contribution >= 0.6 is 0 Å². The van der Waals surface area contributed by atoms with E-state index < -0.39 is 17.8 Å². The van der Waals surface area contributed by atoms with Crippen LogP contribution < -0.4 is 5.32 Å². The number of nitrogens with one attached hydrogen (secondary N) is 1. The number of carbonyl (C=O) groups is 1. The van der Waals surface area contributed by atoms with E-state index in [0.717, 1.165) is 35.1 Å². The van der Waals surface area contributed by atoms with Crippen LogP contribution in [0, 0.1) is 0 Å². The molecule has 6 rings (SSSR count). The Morgan fingerprint density at radius 2 is 1.74 bits per heavy atom. The lowest BCUT2D eigenvalue weighted by molar-refractivity contribution is -0.142. The number of halogens is 3. The highest BCUT2D eigenvalue weighted by Crippen LogP contribution is 2.35. The van der Waals surface area contributed by atoms with Crippen molar-refractivity contribution in [2.24, 2.45) is 0 Å². The Morgan fingerprint density at radius 1 is 0.949 bits per heavy atom. The van der Waals surface area contributed by atoms with Gasteiger partial charge in [-0.2, -0.15) is 28.5 Å². The summed E-state index contributed by atoms with van der Waals surface area (Å²) >= 11 is 0. The first kappa shape index (κ1) is 24.3. The number of fused-ring (bicyclic) bond motifs is 2. The number of benzene rings is 2. The number of carbonyl (C=O) groups excluding carboxylic acids is 1. The van der Waals surface area contributed by atoms with Crippen molar-refractivity contribution in [2.75, 3.05) is 5.32 Å². The Balaban J connectivity index is 1.36. The molecule has 0 aliphatic heterocycles. The first-order chi connectivity index (χ1) is 18.8. The van der Waals surface area contributed by atoms with E-state index in [1.54, 1.807) is 33.9 Å². The van der Waals surface area contributed by atoms with Crippen molar-refractivity contribution in [3.63, 3.8) is 0 Å². The van der Waals surface area contributed by atoms with Gasteiger partial charge in [0.15, 0.2) is 11.3 Å². The molecule has 0 radical (unpaired) electrons. The molecule has 196 valence electrons. The molecule has 0 bridgehead atoms. The van der Waals surface area contributed by atoms with Gasteiger partial charge in [-0.25, -0.2) is 9.50 Å². The summed E-state index contributed by atoms with van der Waals surface area (Å²) in [6, 6.07) is 13.6. The third kappa shape index (κ3) is 4.60. The molecule has 0 fully saturated rings. The quantitative estimate of drug-likeness (QED) is 0.316. The van der Waals surface area contributed by atoms with Crippen molar-refractivity contribution in [1.82, 2.24) is 34.2 Å². The highest BCUT2D eigenvalue weighted by atomic mass is 19.4. The van der Waals surface area contributed by atoms with E-state index in [4.69, 9.17) is 0 Å². The van der Waals surface area contributed by atoms with E-state index in [9.17, 15) is 18.0 Å². The highest BCUT2D eigenvalue weighted by molar-refractivity contribution is 6.08. The molecule has 0 aliphatic carbocycles. The lowest BCUT2D eigenvalue weighted by Gasteiger charge is -2.13. The zero-order valence-electron chi connectivity index (χ0n) is 20.6. The van der Waals surface area contributed by atoms with Crippen molar-refractivity contribution in [3.05, 3.63) is 96.3 Å². The van der Waals surface area contributed by atoms with Crippen LogP contribution in [0.15, 0.2) is 79.5 Å². The minimum Gasteiger partial charge on any atom is -0.319 e. The monoisotopic (exact) mass is 530 g/mol. The van der Waals surface area contributed by atoms with E-state index >= 15 is 0 Å². The van der Waals surface area contributed by atoms with Gasteiger partial charge in [0.1, 0.15) is 5.56 Å². The molecule has 9 nitrogen and oxygen atoms in total. The number of hydrogen-bond acceptors (Lipinski definition) is 5. The molecule has 2 aromatic carbocycles. The summed E-state index contributed by atoms with van der Waals surface area (Å²) in [5, 5.41) is 16.6. The summed E-state index contributed by atoms with van der Waals surface area (Å²) in [6.45, 7) is 3.17. The standard InChI is InChI=1S/C27H21F3N8O/c1-2-36-14-17(11-31-36)15-37-16-19(12-32-37)34-26(39)22-13-33-38-24(27(28,29)30)10-23(35-25(22)38)21-9-5-7-18-6-3-4-8-20(18)21/h3-14,16H,2,15H2,1H3,(H,34,39). The maximum absolute atomic E-state index is 14.1. The third-order valence-corrected chi connectivity index (χ3v) is 6.32. The van der Waals surface area contributed by atoms with Crippen LogP contribution in [-0.4, -0.2) is 40.1 Å². The van der Waals surface area contributed by atoms with Gasteiger partial charge in [0.25, 0.3) is 5.91 Å². The molecule has 4 heterocycles. The van der Waals surface area contributed by atoms with E-state index in [2.05, 4.69) is 25.6 Å². The summed E-state index contributed by atoms with van der Waals surface area (Å²) in [4.78, 5) is 17.7. The van der Waals surface area contributed by atoms with Crippen molar-refractivity contribution in [2.45, 2.75) is 26.2 Å². The van der Waals surface area contributed by atoms with Crippen LogP contribution in [0.2, 0.25) is 0 Å². The SMILES string of the molecule is CCn1cc(Cn2cc(NC(=O)c3cnn4c(C(F)(F)F)cc(-c5cccc6ccccc56)nc34)cn2)cn1. The van der Waals surface area contributed by atoms with Gasteiger partial charge in [-0.1, -0.05) is 42.5 Å². The van der Waals surface area contributed by atoms with Gasteiger partial charge in [0, 0.05) is 30.1 Å². The fourth-order valence-corrected chi connectivity index (χ4v) is 4.47. The van der Waals surface area contributed by atoms with Gasteiger partial charge in [-0.15, -0.1) is 0 Å². The lowest BCUT2D eigenvalue weighted by Crippen LogP contribution is -2.15. The zero-order chi connectivity index (χ0) is 27.1. The topological polar surface area (TPSA) is 94.9 Å². The predicted octanol–water partition coefficient (Wildman–Crippen LogP) is 5.28. The Labute approximate surface area is 219 Å². The molecule has 1 amide bonds. The van der Waals surface area contributed by atoms with Crippen LogP contribution in [0.4, 0.5) is 18.9 Å². The maximum Gasteiger partial charge on any atom is 0.433 e. The normalized spacial score (nSPS) is 11.9.